The highest BCUT2D eigenvalue weighted by atomic mass is 16.6. The lowest BCUT2D eigenvalue weighted by Gasteiger charge is -2.45. The van der Waals surface area contributed by atoms with Gasteiger partial charge in [-0.05, 0) is 23.1 Å². The number of aldehydes is 1. The highest BCUT2D eigenvalue weighted by Crippen LogP contribution is 2.33. The van der Waals surface area contributed by atoms with E-state index in [0.717, 1.165) is 42.2 Å². The summed E-state index contributed by atoms with van der Waals surface area (Å²) in [6.07, 6.45) is 2.32. The maximum atomic E-state index is 12.4. The first-order chi connectivity index (χ1) is 18.3. The van der Waals surface area contributed by atoms with Gasteiger partial charge in [0.25, 0.3) is 0 Å². The number of rotatable bonds is 14. The van der Waals surface area contributed by atoms with Gasteiger partial charge in [-0.15, -0.1) is 0 Å². The fourth-order valence-corrected chi connectivity index (χ4v) is 4.81. The topological polar surface area (TPSA) is 54.0 Å². The van der Waals surface area contributed by atoms with Crippen molar-refractivity contribution in [2.45, 2.75) is 70.4 Å². The summed E-state index contributed by atoms with van der Waals surface area (Å²) in [6.45, 7) is 3.79. The van der Waals surface area contributed by atoms with Gasteiger partial charge in [0.15, 0.2) is 0 Å². The van der Waals surface area contributed by atoms with E-state index in [1.807, 2.05) is 91.0 Å². The van der Waals surface area contributed by atoms with Crippen LogP contribution < -0.4 is 0 Å². The molecule has 5 nitrogen and oxygen atoms in total. The van der Waals surface area contributed by atoms with Crippen LogP contribution in [0.15, 0.2) is 91.0 Å². The van der Waals surface area contributed by atoms with Crippen LogP contribution in [0, 0.1) is 5.92 Å². The first-order valence-electron chi connectivity index (χ1n) is 13.3. The van der Waals surface area contributed by atoms with Crippen LogP contribution >= 0.6 is 0 Å². The molecule has 1 fully saturated rings. The monoisotopic (exact) mass is 502 g/mol. The second kappa shape index (κ2) is 14.8. The Hall–Kier alpha value is -2.83. The predicted octanol–water partition coefficient (Wildman–Crippen LogP) is 6.15. The molecule has 0 N–H and O–H groups in total. The fourth-order valence-electron chi connectivity index (χ4n) is 4.81. The molecule has 5 atom stereocenters. The van der Waals surface area contributed by atoms with Crippen LogP contribution in [0.1, 0.15) is 42.9 Å². The molecule has 1 saturated heterocycles. The molecule has 0 radical (unpaired) electrons. The summed E-state index contributed by atoms with van der Waals surface area (Å²) in [7, 11) is 0. The molecule has 37 heavy (non-hydrogen) atoms. The summed E-state index contributed by atoms with van der Waals surface area (Å²) < 4.78 is 25.6. The van der Waals surface area contributed by atoms with Crippen LogP contribution in [0.2, 0.25) is 0 Å². The number of hydrogen-bond donors (Lipinski definition) is 0. The maximum Gasteiger partial charge on any atom is 0.128 e. The normalized spacial score (nSPS) is 23.5. The SMILES string of the molecule is CCCC[C@@H]1O[C@H](COCc2ccccc2)[C@@H](OCc2ccccc2)[C@H](OCc2ccccc2)[C@@H]1C=O. The van der Waals surface area contributed by atoms with E-state index in [1.165, 1.54) is 0 Å². The van der Waals surface area contributed by atoms with Gasteiger partial charge in [-0.25, -0.2) is 0 Å². The summed E-state index contributed by atoms with van der Waals surface area (Å²) in [5.41, 5.74) is 3.22. The summed E-state index contributed by atoms with van der Waals surface area (Å²) in [5.74, 6) is -0.415. The zero-order valence-electron chi connectivity index (χ0n) is 21.6. The first-order valence-corrected chi connectivity index (χ1v) is 13.3. The summed E-state index contributed by atoms with van der Waals surface area (Å²) in [5, 5.41) is 0. The van der Waals surface area contributed by atoms with E-state index in [4.69, 9.17) is 18.9 Å². The van der Waals surface area contributed by atoms with Gasteiger partial charge in [0.2, 0.25) is 0 Å². The minimum absolute atomic E-state index is 0.236. The third kappa shape index (κ3) is 8.08. The van der Waals surface area contributed by atoms with Crippen molar-refractivity contribution in [3.8, 4) is 0 Å². The molecular weight excluding hydrogens is 464 g/mol. The fraction of sp³-hybridized carbons (Fsp3) is 0.406. The minimum atomic E-state index is -0.451. The van der Waals surface area contributed by atoms with Crippen LogP contribution in [0.4, 0.5) is 0 Å². The summed E-state index contributed by atoms with van der Waals surface area (Å²) in [6, 6.07) is 30.2. The predicted molar refractivity (Wildman–Crippen MR) is 144 cm³/mol. The van der Waals surface area contributed by atoms with Gasteiger partial charge in [-0.3, -0.25) is 0 Å². The highest BCUT2D eigenvalue weighted by Gasteiger charge is 2.47. The van der Waals surface area contributed by atoms with Crippen molar-refractivity contribution in [1.29, 1.82) is 0 Å². The third-order valence-corrected chi connectivity index (χ3v) is 6.81. The summed E-state index contributed by atoms with van der Waals surface area (Å²) in [4.78, 5) is 12.4. The second-order valence-corrected chi connectivity index (χ2v) is 9.59. The Morgan fingerprint density at radius 3 is 1.73 bits per heavy atom. The zero-order valence-corrected chi connectivity index (χ0v) is 21.6. The van der Waals surface area contributed by atoms with Crippen LogP contribution in [0.5, 0.6) is 0 Å². The molecule has 1 aliphatic heterocycles. The quantitative estimate of drug-likeness (QED) is 0.248. The number of carbonyl (C=O) groups is 1. The lowest BCUT2D eigenvalue weighted by atomic mass is 9.85. The van der Waals surface area contributed by atoms with Gasteiger partial charge >= 0.3 is 0 Å². The van der Waals surface area contributed by atoms with Gasteiger partial charge in [-0.1, -0.05) is 111 Å². The molecule has 1 heterocycles. The number of hydrogen-bond acceptors (Lipinski definition) is 5. The average Bonchev–Trinajstić information content (AvgIpc) is 2.95. The molecule has 5 heteroatoms. The standard InChI is InChI=1S/C32H38O5/c1-2-3-19-29-28(20-33)31(35-22-26-15-9-5-10-16-26)32(36-23-27-17-11-6-12-18-27)30(37-29)24-34-21-25-13-7-4-8-14-25/h4-18,20,28-32H,2-3,19,21-24H2,1H3/t28-,29+,30-,31-,32-/m1/s1. The summed E-state index contributed by atoms with van der Waals surface area (Å²) >= 11 is 0. The van der Waals surface area contributed by atoms with Crippen LogP contribution in [-0.2, 0) is 43.6 Å². The lowest BCUT2D eigenvalue weighted by molar-refractivity contribution is -0.240. The molecule has 0 aromatic heterocycles. The van der Waals surface area contributed by atoms with Gasteiger partial charge in [0.1, 0.15) is 18.5 Å². The van der Waals surface area contributed by atoms with Crippen molar-refractivity contribution in [3.63, 3.8) is 0 Å². The number of carbonyl (C=O) groups excluding carboxylic acids is 1. The molecule has 196 valence electrons. The maximum absolute atomic E-state index is 12.4. The molecule has 4 rings (SSSR count). The molecule has 3 aromatic carbocycles. The molecule has 0 amide bonds. The largest absolute Gasteiger partial charge is 0.374 e. The van der Waals surface area contributed by atoms with Crippen molar-refractivity contribution in [3.05, 3.63) is 108 Å². The smallest absolute Gasteiger partial charge is 0.128 e. The Morgan fingerprint density at radius 1 is 0.703 bits per heavy atom. The van der Waals surface area contributed by atoms with E-state index < -0.39 is 18.1 Å². The van der Waals surface area contributed by atoms with Crippen molar-refractivity contribution in [1.82, 2.24) is 0 Å². The molecular formula is C32H38O5. The molecule has 0 saturated carbocycles. The molecule has 3 aromatic rings. The lowest BCUT2D eigenvalue weighted by Crippen LogP contribution is -2.58. The molecule has 0 aliphatic carbocycles. The van der Waals surface area contributed by atoms with Crippen LogP contribution in [0.25, 0.3) is 0 Å². The third-order valence-electron chi connectivity index (χ3n) is 6.81. The van der Waals surface area contributed by atoms with Crippen molar-refractivity contribution < 1.29 is 23.7 Å². The number of benzene rings is 3. The highest BCUT2D eigenvalue weighted by molar-refractivity contribution is 5.56. The number of unbranched alkanes of at least 4 members (excludes halogenated alkanes) is 1. The number of ether oxygens (including phenoxy) is 4. The Labute approximate surface area is 220 Å². The first kappa shape index (κ1) is 27.2. The van der Waals surface area contributed by atoms with E-state index in [9.17, 15) is 4.79 Å². The Morgan fingerprint density at radius 2 is 1.22 bits per heavy atom. The van der Waals surface area contributed by atoms with E-state index in [0.29, 0.717) is 26.4 Å². The second-order valence-electron chi connectivity index (χ2n) is 9.59. The van der Waals surface area contributed by atoms with E-state index >= 15 is 0 Å². The Balaban J connectivity index is 1.54. The average molecular weight is 503 g/mol. The van der Waals surface area contributed by atoms with Gasteiger partial charge in [-0.2, -0.15) is 0 Å². The van der Waals surface area contributed by atoms with Crippen LogP contribution in [-0.4, -0.2) is 37.3 Å². The molecule has 0 bridgehead atoms. The van der Waals surface area contributed by atoms with Crippen molar-refractivity contribution in [2.24, 2.45) is 5.92 Å². The van der Waals surface area contributed by atoms with Gasteiger partial charge in [0, 0.05) is 0 Å². The Kier molecular flexibility index (Phi) is 10.9. The minimum Gasteiger partial charge on any atom is -0.374 e. The molecule has 1 aliphatic rings. The Bertz CT molecular complexity index is 1030. The molecule has 0 spiro atoms. The van der Waals surface area contributed by atoms with E-state index in [2.05, 4.69) is 6.92 Å². The van der Waals surface area contributed by atoms with E-state index in [1.54, 1.807) is 0 Å². The van der Waals surface area contributed by atoms with E-state index in [-0.39, 0.29) is 12.2 Å². The van der Waals surface area contributed by atoms with Crippen molar-refractivity contribution in [2.75, 3.05) is 6.61 Å². The van der Waals surface area contributed by atoms with Gasteiger partial charge < -0.3 is 23.7 Å². The van der Waals surface area contributed by atoms with Gasteiger partial charge in [0.05, 0.1) is 44.6 Å². The van der Waals surface area contributed by atoms with Crippen LogP contribution in [0.3, 0.4) is 0 Å². The molecule has 0 unspecified atom stereocenters. The zero-order chi connectivity index (χ0) is 25.7. The van der Waals surface area contributed by atoms with Crippen molar-refractivity contribution >= 4 is 6.29 Å².